The van der Waals surface area contributed by atoms with E-state index in [9.17, 15) is 48.0 Å². The minimum Gasteiger partial charge on any atom is -0.510 e. The van der Waals surface area contributed by atoms with E-state index in [1.54, 1.807) is 7.05 Å². The molecule has 1 saturated heterocycles. The Kier molecular flexibility index (Phi) is 6.35. The number of aromatic hydroxyl groups is 1. The van der Waals surface area contributed by atoms with Crippen molar-refractivity contribution in [3.05, 3.63) is 39.4 Å². The highest BCUT2D eigenvalue weighted by Crippen LogP contribution is 2.58. The van der Waals surface area contributed by atoms with Gasteiger partial charge in [-0.3, -0.25) is 24.2 Å². The van der Waals surface area contributed by atoms with Gasteiger partial charge < -0.3 is 36.2 Å². The Morgan fingerprint density at radius 1 is 1.21 bits per heavy atom. The van der Waals surface area contributed by atoms with E-state index in [4.69, 9.17) is 5.73 Å². The largest absolute Gasteiger partial charge is 0.573 e. The lowest BCUT2D eigenvalue weighted by Crippen LogP contribution is -2.63. The van der Waals surface area contributed by atoms with Crippen molar-refractivity contribution in [3.63, 3.8) is 0 Å². The number of fused-ring (bicyclic) bond motifs is 6. The summed E-state index contributed by atoms with van der Waals surface area (Å²) in [6, 6.07) is -1.77. The maximum atomic E-state index is 14.1. The summed E-state index contributed by atoms with van der Waals surface area (Å²) in [4.78, 5) is 42.9. The Labute approximate surface area is 243 Å². The number of likely N-dealkylation sites (tertiary alicyclic amines) is 1. The number of hydrogen-bond acceptors (Lipinski definition) is 11. The van der Waals surface area contributed by atoms with Gasteiger partial charge in [0, 0.05) is 35.2 Å². The van der Waals surface area contributed by atoms with Crippen LogP contribution in [0.25, 0.3) is 0 Å². The molecule has 0 bridgehead atoms. The van der Waals surface area contributed by atoms with Crippen LogP contribution in [0.1, 0.15) is 40.4 Å². The Morgan fingerprint density at radius 2 is 1.88 bits per heavy atom. The first kappa shape index (κ1) is 29.3. The van der Waals surface area contributed by atoms with Gasteiger partial charge in [0.05, 0.1) is 17.3 Å². The number of carbonyl (C=O) groups excluding carboxylic acids is 3. The quantitative estimate of drug-likeness (QED) is 0.215. The van der Waals surface area contributed by atoms with Gasteiger partial charge in [0.2, 0.25) is 5.78 Å². The molecule has 0 radical (unpaired) electrons. The lowest BCUT2D eigenvalue weighted by molar-refractivity contribution is -0.275. The number of halogens is 3. The van der Waals surface area contributed by atoms with Crippen LogP contribution in [0.3, 0.4) is 0 Å². The maximum Gasteiger partial charge on any atom is 0.573 e. The number of carbonyl (C=O) groups is 3. The van der Waals surface area contributed by atoms with Crippen molar-refractivity contribution >= 4 is 23.2 Å². The summed E-state index contributed by atoms with van der Waals surface area (Å²) in [5.41, 5.74) is 0.260. The number of benzene rings is 1. The van der Waals surface area contributed by atoms with E-state index >= 15 is 0 Å². The highest BCUT2D eigenvalue weighted by atomic mass is 19.4. The Bertz CT molecular complexity index is 1550. The van der Waals surface area contributed by atoms with Crippen LogP contribution in [0.5, 0.6) is 11.5 Å². The molecular formula is C28H31F3N4O8. The number of phenolic OH excluding ortho intramolecular Hbond substituents is 1. The maximum absolute atomic E-state index is 14.1. The number of alkyl halides is 3. The number of hydrogen-bond donors (Lipinski definition) is 6. The van der Waals surface area contributed by atoms with Crippen LogP contribution in [0.2, 0.25) is 0 Å². The summed E-state index contributed by atoms with van der Waals surface area (Å²) in [6.07, 6.45) is -5.06. The van der Waals surface area contributed by atoms with Gasteiger partial charge >= 0.3 is 6.36 Å². The van der Waals surface area contributed by atoms with Crippen molar-refractivity contribution < 1.29 is 52.7 Å². The molecule has 43 heavy (non-hydrogen) atoms. The summed E-state index contributed by atoms with van der Waals surface area (Å²) in [6.45, 7) is 0.907. The van der Waals surface area contributed by atoms with Crippen molar-refractivity contribution in [2.24, 2.45) is 23.5 Å². The summed E-state index contributed by atoms with van der Waals surface area (Å²) in [5, 5.41) is 48.4. The van der Waals surface area contributed by atoms with Gasteiger partial charge in [-0.15, -0.1) is 13.2 Å². The molecule has 232 valence electrons. The predicted octanol–water partition coefficient (Wildman–Crippen LogP) is 1.44. The molecule has 0 saturated carbocycles. The molecule has 1 amide bonds. The number of nitrogens with two attached hydrogens (primary N) is 1. The average Bonchev–Trinajstić information content (AvgIpc) is 3.28. The van der Waals surface area contributed by atoms with Crippen LogP contribution in [0.4, 0.5) is 18.9 Å². The van der Waals surface area contributed by atoms with Crippen molar-refractivity contribution in [3.8, 4) is 11.5 Å². The van der Waals surface area contributed by atoms with Crippen molar-refractivity contribution in [1.82, 2.24) is 9.80 Å². The number of phenols is 1. The third-order valence-corrected chi connectivity index (χ3v) is 9.71. The third-order valence-electron chi connectivity index (χ3n) is 9.71. The second-order valence-corrected chi connectivity index (χ2v) is 12.2. The zero-order chi connectivity index (χ0) is 31.5. The lowest BCUT2D eigenvalue weighted by atomic mass is 9.58. The average molecular weight is 609 g/mol. The number of rotatable bonds is 3. The van der Waals surface area contributed by atoms with E-state index in [1.165, 1.54) is 19.0 Å². The molecule has 12 nitrogen and oxygen atoms in total. The smallest absolute Gasteiger partial charge is 0.510 e. The number of likely N-dealkylation sites (N-methyl/N-ethyl adjacent to an activating group) is 1. The van der Waals surface area contributed by atoms with Crippen molar-refractivity contribution in [1.29, 1.82) is 0 Å². The van der Waals surface area contributed by atoms with Crippen molar-refractivity contribution in [2.45, 2.75) is 43.3 Å². The molecular weight excluding hydrogens is 577 g/mol. The molecule has 2 unspecified atom stereocenters. The van der Waals surface area contributed by atoms with E-state index in [-0.39, 0.29) is 35.6 Å². The number of aliphatic hydroxyl groups excluding tert-OH is 2. The number of ketones is 2. The summed E-state index contributed by atoms with van der Waals surface area (Å²) in [7, 11) is 4.71. The molecule has 2 heterocycles. The van der Waals surface area contributed by atoms with Gasteiger partial charge in [0.1, 0.15) is 22.8 Å². The number of amides is 1. The molecule has 6 atom stereocenters. The number of allylic oxidation sites excluding steroid dienone is 1. The van der Waals surface area contributed by atoms with Crippen LogP contribution < -0.4 is 15.8 Å². The van der Waals surface area contributed by atoms with Gasteiger partial charge in [-0.2, -0.15) is 0 Å². The fourth-order valence-corrected chi connectivity index (χ4v) is 8.00. The van der Waals surface area contributed by atoms with Crippen LogP contribution in [-0.4, -0.2) is 99.9 Å². The standard InChI is InChI=1S/C28H31F3N4O8/c1-34(2)19-12-7-10-6-11-14(20(36)13(10)24(39)27(12,42)25(40)16(22(19)38)26(32)41)21(37)17-15(23(11)43-28(29,30)31)18-9(8-33-17)4-5-35(18)3/h9-10,12,18-19,33,37-39,42H,4-8H2,1-3H3,(H2,32,41)/t9?,10-,12-,18?,19-,27+/m1/s1. The topological polar surface area (TPSA) is 186 Å². The predicted molar refractivity (Wildman–Crippen MR) is 142 cm³/mol. The first-order chi connectivity index (χ1) is 20.0. The van der Waals surface area contributed by atoms with Gasteiger partial charge in [0.15, 0.2) is 17.1 Å². The Morgan fingerprint density at radius 3 is 2.49 bits per heavy atom. The normalized spacial score (nSPS) is 32.1. The molecule has 1 fully saturated rings. The first-order valence-electron chi connectivity index (χ1n) is 13.8. The van der Waals surface area contributed by atoms with Crippen LogP contribution in [0.15, 0.2) is 22.7 Å². The van der Waals surface area contributed by atoms with Gasteiger partial charge in [0.25, 0.3) is 5.91 Å². The lowest BCUT2D eigenvalue weighted by Gasteiger charge is -2.50. The molecule has 6 rings (SSSR count). The fraction of sp³-hybridized carbons (Fsp3) is 0.536. The summed E-state index contributed by atoms with van der Waals surface area (Å²) in [5.74, 6) is -9.41. The van der Waals surface area contributed by atoms with Crippen LogP contribution in [0, 0.1) is 17.8 Å². The molecule has 0 aromatic heterocycles. The van der Waals surface area contributed by atoms with Crippen LogP contribution >= 0.6 is 0 Å². The number of nitrogens with zero attached hydrogens (tertiary/aromatic N) is 2. The van der Waals surface area contributed by atoms with E-state index in [2.05, 4.69) is 10.1 Å². The number of primary amides is 1. The molecule has 2 aliphatic heterocycles. The number of Topliss-reactive ketones (excluding diaryl/α,β-unsaturated/α-hetero) is 2. The minimum absolute atomic E-state index is 0.0762. The molecule has 15 heteroatoms. The fourth-order valence-electron chi connectivity index (χ4n) is 8.00. The minimum atomic E-state index is -5.15. The molecule has 3 aliphatic carbocycles. The van der Waals surface area contributed by atoms with Gasteiger partial charge in [-0.1, -0.05) is 0 Å². The van der Waals surface area contributed by atoms with Gasteiger partial charge in [-0.25, -0.2) is 0 Å². The zero-order valence-electron chi connectivity index (χ0n) is 23.4. The SMILES string of the molecule is CN1CCC2CNc3c(O)c4c(c(OC(F)(F)F)c3C21)C[C@@H]1C[C@@H]2[C@@H](N(C)C)C(O)=C(C(N)=O)C(=O)[C@@]2(O)C(O)=C1C4=O. The second kappa shape index (κ2) is 9.34. The molecule has 1 aromatic carbocycles. The molecule has 7 N–H and O–H groups in total. The van der Waals surface area contributed by atoms with Crippen molar-refractivity contribution in [2.75, 3.05) is 39.5 Å². The van der Waals surface area contributed by atoms with E-state index in [0.29, 0.717) is 19.5 Å². The van der Waals surface area contributed by atoms with Crippen LogP contribution in [-0.2, 0) is 16.0 Å². The highest BCUT2D eigenvalue weighted by molar-refractivity contribution is 6.25. The Hall–Kier alpha value is -3.82. The Balaban J connectivity index is 1.59. The van der Waals surface area contributed by atoms with E-state index < -0.39 is 93.1 Å². The molecule has 5 aliphatic rings. The summed E-state index contributed by atoms with van der Waals surface area (Å²) < 4.78 is 46.4. The van der Waals surface area contributed by atoms with E-state index in [1.807, 2.05) is 4.90 Å². The molecule has 1 aromatic rings. The second-order valence-electron chi connectivity index (χ2n) is 12.2. The number of ether oxygens (including phenoxy) is 1. The monoisotopic (exact) mass is 608 g/mol. The van der Waals surface area contributed by atoms with Gasteiger partial charge in [-0.05, 0) is 58.8 Å². The highest BCUT2D eigenvalue weighted by Gasteiger charge is 2.63. The number of aliphatic hydroxyl groups is 3. The number of nitrogens with one attached hydrogen (secondary N) is 1. The number of anilines is 1. The first-order valence-corrected chi connectivity index (χ1v) is 13.8. The summed E-state index contributed by atoms with van der Waals surface area (Å²) >= 11 is 0. The zero-order valence-corrected chi connectivity index (χ0v) is 23.4. The van der Waals surface area contributed by atoms with E-state index in [0.717, 1.165) is 0 Å². The molecule has 0 spiro atoms. The third kappa shape index (κ3) is 3.90.